The Morgan fingerprint density at radius 1 is 1.16 bits per heavy atom. The number of carbonyl (C=O) groups is 1. The Kier molecular flexibility index (Phi) is 8.16. The number of aromatic nitrogens is 2. The standard InChI is InChI=1S/C26H29N7O4/c1-4-24(34)28-20-7-5-6-8-21(20)29-25-19(17(2)32-35)16-27-26(31-25)30-22-10-9-18(15-23(22)36-3)33-11-13-37-14-12-33/h4-10,15-16,35H,1,11-14H2,2-3H3,(H,28,34)(H2,27,29,30,31). The Balaban J connectivity index is 1.64. The minimum atomic E-state index is -0.347. The van der Waals surface area contributed by atoms with Crippen molar-refractivity contribution in [2.24, 2.45) is 5.16 Å². The second-order valence-electron chi connectivity index (χ2n) is 8.11. The van der Waals surface area contributed by atoms with Crippen molar-refractivity contribution in [1.29, 1.82) is 0 Å². The first kappa shape index (κ1) is 25.5. The van der Waals surface area contributed by atoms with E-state index in [9.17, 15) is 10.0 Å². The number of hydrogen-bond acceptors (Lipinski definition) is 10. The Bertz CT molecular complexity index is 1310. The number of methoxy groups -OCH3 is 1. The third kappa shape index (κ3) is 6.14. The van der Waals surface area contributed by atoms with Gasteiger partial charge in [-0.1, -0.05) is 23.9 Å². The molecule has 3 aromatic rings. The van der Waals surface area contributed by atoms with Crippen LogP contribution in [0, 0.1) is 0 Å². The van der Waals surface area contributed by atoms with E-state index in [4.69, 9.17) is 9.47 Å². The summed E-state index contributed by atoms with van der Waals surface area (Å²) >= 11 is 0. The first-order valence-electron chi connectivity index (χ1n) is 11.7. The summed E-state index contributed by atoms with van der Waals surface area (Å²) in [4.78, 5) is 23.1. The average molecular weight is 504 g/mol. The summed E-state index contributed by atoms with van der Waals surface area (Å²) in [6.45, 7) is 8.14. The molecule has 0 aliphatic carbocycles. The van der Waals surface area contributed by atoms with Gasteiger partial charge in [0.05, 0.1) is 48.7 Å². The van der Waals surface area contributed by atoms with Crippen molar-refractivity contribution in [2.75, 3.05) is 54.3 Å². The van der Waals surface area contributed by atoms with Gasteiger partial charge in [-0.25, -0.2) is 4.98 Å². The van der Waals surface area contributed by atoms with Crippen molar-refractivity contribution in [3.63, 3.8) is 0 Å². The molecule has 0 spiro atoms. The molecule has 1 amide bonds. The number of anilines is 6. The van der Waals surface area contributed by atoms with Gasteiger partial charge in [0.2, 0.25) is 11.9 Å². The third-order valence-corrected chi connectivity index (χ3v) is 5.76. The van der Waals surface area contributed by atoms with Crippen molar-refractivity contribution < 1.29 is 19.5 Å². The largest absolute Gasteiger partial charge is 0.494 e. The van der Waals surface area contributed by atoms with E-state index in [2.05, 4.69) is 42.6 Å². The van der Waals surface area contributed by atoms with E-state index < -0.39 is 0 Å². The predicted molar refractivity (Wildman–Crippen MR) is 144 cm³/mol. The highest BCUT2D eigenvalue weighted by molar-refractivity contribution is 6.04. The van der Waals surface area contributed by atoms with E-state index in [0.717, 1.165) is 18.8 Å². The number of nitrogens with zero attached hydrogens (tertiary/aromatic N) is 4. The van der Waals surface area contributed by atoms with Gasteiger partial charge in [0.15, 0.2) is 0 Å². The lowest BCUT2D eigenvalue weighted by molar-refractivity contribution is -0.111. The zero-order chi connectivity index (χ0) is 26.2. The van der Waals surface area contributed by atoms with Crippen molar-refractivity contribution in [1.82, 2.24) is 9.97 Å². The minimum absolute atomic E-state index is 0.294. The summed E-state index contributed by atoms with van der Waals surface area (Å²) in [5.74, 6) is 0.955. The molecule has 2 heterocycles. The fourth-order valence-corrected chi connectivity index (χ4v) is 3.79. The summed E-state index contributed by atoms with van der Waals surface area (Å²) < 4.78 is 11.1. The zero-order valence-corrected chi connectivity index (χ0v) is 20.7. The van der Waals surface area contributed by atoms with Crippen LogP contribution in [-0.2, 0) is 9.53 Å². The first-order valence-corrected chi connectivity index (χ1v) is 11.7. The predicted octanol–water partition coefficient (Wildman–Crippen LogP) is 4.13. The van der Waals surface area contributed by atoms with Crippen molar-refractivity contribution in [2.45, 2.75) is 6.92 Å². The topological polar surface area (TPSA) is 133 Å². The van der Waals surface area contributed by atoms with Crippen molar-refractivity contribution in [3.05, 3.63) is 66.9 Å². The second-order valence-corrected chi connectivity index (χ2v) is 8.11. The fraction of sp³-hybridized carbons (Fsp3) is 0.231. The Labute approximate surface area is 214 Å². The van der Waals surface area contributed by atoms with Crippen LogP contribution in [-0.4, -0.2) is 60.2 Å². The molecule has 1 aromatic heterocycles. The molecule has 0 bridgehead atoms. The smallest absolute Gasteiger partial charge is 0.247 e. The summed E-state index contributed by atoms with van der Waals surface area (Å²) in [7, 11) is 1.61. The number of ether oxygens (including phenoxy) is 2. The van der Waals surface area contributed by atoms with Gasteiger partial charge in [0.25, 0.3) is 0 Å². The van der Waals surface area contributed by atoms with Crippen LogP contribution in [0.3, 0.4) is 0 Å². The molecule has 192 valence electrons. The molecule has 1 fully saturated rings. The molecule has 4 rings (SSSR count). The number of benzene rings is 2. The SMILES string of the molecule is C=CC(=O)Nc1ccccc1Nc1nc(Nc2ccc(N3CCOCC3)cc2OC)ncc1C(C)=NO. The number of morpholine rings is 1. The number of carbonyl (C=O) groups excluding carboxylic acids is 1. The number of oxime groups is 1. The molecule has 1 saturated heterocycles. The Hall–Kier alpha value is -4.64. The van der Waals surface area contributed by atoms with Crippen LogP contribution < -0.4 is 25.6 Å². The number of hydrogen-bond donors (Lipinski definition) is 4. The van der Waals surface area contributed by atoms with Gasteiger partial charge in [-0.15, -0.1) is 0 Å². The summed E-state index contributed by atoms with van der Waals surface area (Å²) in [5.41, 5.74) is 3.63. The van der Waals surface area contributed by atoms with Crippen LogP contribution in [0.2, 0.25) is 0 Å². The lowest BCUT2D eigenvalue weighted by Crippen LogP contribution is -2.36. The van der Waals surface area contributed by atoms with Gasteiger partial charge in [0.1, 0.15) is 11.6 Å². The molecular weight excluding hydrogens is 474 g/mol. The maximum Gasteiger partial charge on any atom is 0.247 e. The van der Waals surface area contributed by atoms with E-state index in [1.54, 1.807) is 38.4 Å². The van der Waals surface area contributed by atoms with E-state index in [0.29, 0.717) is 59.1 Å². The Morgan fingerprint density at radius 3 is 2.62 bits per heavy atom. The number of amides is 1. The summed E-state index contributed by atoms with van der Waals surface area (Å²) in [6, 6.07) is 13.0. The van der Waals surface area contributed by atoms with Crippen LogP contribution in [0.4, 0.5) is 34.5 Å². The molecule has 2 aromatic carbocycles. The first-order chi connectivity index (χ1) is 18.0. The molecule has 0 unspecified atom stereocenters. The number of nitrogens with one attached hydrogen (secondary N) is 3. The molecule has 37 heavy (non-hydrogen) atoms. The second kappa shape index (κ2) is 11.9. The summed E-state index contributed by atoms with van der Waals surface area (Å²) in [5, 5.41) is 21.9. The molecule has 1 aliphatic rings. The molecule has 1 aliphatic heterocycles. The normalized spacial score (nSPS) is 13.6. The molecule has 4 N–H and O–H groups in total. The zero-order valence-electron chi connectivity index (χ0n) is 20.7. The third-order valence-electron chi connectivity index (χ3n) is 5.76. The lowest BCUT2D eigenvalue weighted by Gasteiger charge is -2.29. The molecule has 11 nitrogen and oxygen atoms in total. The van der Waals surface area contributed by atoms with Crippen LogP contribution in [0.15, 0.2) is 66.5 Å². The average Bonchev–Trinajstić information content (AvgIpc) is 2.94. The summed E-state index contributed by atoms with van der Waals surface area (Å²) in [6.07, 6.45) is 2.74. The van der Waals surface area contributed by atoms with Gasteiger partial charge in [-0.3, -0.25) is 4.79 Å². The molecular formula is C26H29N7O4. The van der Waals surface area contributed by atoms with Gasteiger partial charge >= 0.3 is 0 Å². The molecule has 0 radical (unpaired) electrons. The van der Waals surface area contributed by atoms with E-state index in [1.807, 2.05) is 24.3 Å². The van der Waals surface area contributed by atoms with Crippen LogP contribution in [0.1, 0.15) is 12.5 Å². The van der Waals surface area contributed by atoms with E-state index in [1.165, 1.54) is 6.08 Å². The Morgan fingerprint density at radius 2 is 1.92 bits per heavy atom. The van der Waals surface area contributed by atoms with Gasteiger partial charge in [0, 0.05) is 31.0 Å². The molecule has 0 atom stereocenters. The monoisotopic (exact) mass is 503 g/mol. The van der Waals surface area contributed by atoms with Gasteiger partial charge < -0.3 is 35.5 Å². The highest BCUT2D eigenvalue weighted by Gasteiger charge is 2.16. The van der Waals surface area contributed by atoms with Crippen LogP contribution in [0.25, 0.3) is 0 Å². The van der Waals surface area contributed by atoms with Crippen molar-refractivity contribution >= 4 is 46.1 Å². The maximum absolute atomic E-state index is 11.9. The molecule has 0 saturated carbocycles. The number of rotatable bonds is 9. The highest BCUT2D eigenvalue weighted by atomic mass is 16.5. The van der Waals surface area contributed by atoms with Gasteiger partial charge in [-0.2, -0.15) is 4.98 Å². The van der Waals surface area contributed by atoms with Gasteiger partial charge in [-0.05, 0) is 37.3 Å². The minimum Gasteiger partial charge on any atom is -0.494 e. The van der Waals surface area contributed by atoms with Crippen LogP contribution >= 0.6 is 0 Å². The van der Waals surface area contributed by atoms with E-state index in [-0.39, 0.29) is 5.91 Å². The lowest BCUT2D eigenvalue weighted by atomic mass is 10.2. The highest BCUT2D eigenvalue weighted by Crippen LogP contribution is 2.33. The van der Waals surface area contributed by atoms with Crippen molar-refractivity contribution in [3.8, 4) is 5.75 Å². The van der Waals surface area contributed by atoms with E-state index >= 15 is 0 Å². The molecule has 11 heteroatoms. The number of para-hydroxylation sites is 2. The maximum atomic E-state index is 11.9. The van der Waals surface area contributed by atoms with Crippen LogP contribution in [0.5, 0.6) is 5.75 Å². The fourth-order valence-electron chi connectivity index (χ4n) is 3.79. The quantitative estimate of drug-likeness (QED) is 0.147.